The normalized spacial score (nSPS) is 12.0. The van der Waals surface area contributed by atoms with Crippen LogP contribution in [0.25, 0.3) is 5.69 Å². The molecule has 114 valence electrons. The summed E-state index contributed by atoms with van der Waals surface area (Å²) in [7, 11) is -0.0398. The fourth-order valence-corrected chi connectivity index (χ4v) is 2.57. The summed E-state index contributed by atoms with van der Waals surface area (Å²) in [5.41, 5.74) is 2.10. The monoisotopic (exact) mass is 308 g/mol. The van der Waals surface area contributed by atoms with Crippen molar-refractivity contribution in [2.24, 2.45) is 0 Å². The highest BCUT2D eigenvalue weighted by Crippen LogP contribution is 2.08. The lowest BCUT2D eigenvalue weighted by Gasteiger charge is -2.11. The van der Waals surface area contributed by atoms with Gasteiger partial charge in [-0.05, 0) is 23.8 Å². The van der Waals surface area contributed by atoms with Crippen LogP contribution in [0.3, 0.4) is 0 Å². The van der Waals surface area contributed by atoms with Crippen LogP contribution in [0.15, 0.2) is 42.7 Å². The van der Waals surface area contributed by atoms with Gasteiger partial charge in [0.05, 0.1) is 11.4 Å². The molecule has 0 unspecified atom stereocenters. The van der Waals surface area contributed by atoms with E-state index in [4.69, 9.17) is 0 Å². The largest absolute Gasteiger partial charge is 0.312 e. The molecule has 0 atom stereocenters. The minimum atomic E-state index is -3.13. The van der Waals surface area contributed by atoms with Gasteiger partial charge in [0, 0.05) is 39.6 Å². The maximum Gasteiger partial charge on any atom is 0.214 e. The Kier molecular flexibility index (Phi) is 5.11. The standard InChI is InChI=1S/C14H20N4O2S/c1-17(2)21(19,20)11-9-15-12-13-4-6-14(7-5-13)18-10-3-8-16-18/h3-8,10,15H,9,11-12H2,1-2H3. The maximum absolute atomic E-state index is 11.6. The first-order valence-corrected chi connectivity index (χ1v) is 8.30. The van der Waals surface area contributed by atoms with Gasteiger partial charge in [-0.2, -0.15) is 5.10 Å². The molecule has 2 aromatic rings. The van der Waals surface area contributed by atoms with Gasteiger partial charge in [0.1, 0.15) is 0 Å². The molecule has 0 aliphatic rings. The molecule has 0 radical (unpaired) electrons. The van der Waals surface area contributed by atoms with Crippen LogP contribution in [0.5, 0.6) is 0 Å². The van der Waals surface area contributed by atoms with Gasteiger partial charge in [-0.1, -0.05) is 12.1 Å². The predicted octanol–water partition coefficient (Wildman–Crippen LogP) is 0.853. The third-order valence-corrected chi connectivity index (χ3v) is 4.96. The van der Waals surface area contributed by atoms with Gasteiger partial charge in [-0.25, -0.2) is 17.4 Å². The summed E-state index contributed by atoms with van der Waals surface area (Å²) in [4.78, 5) is 0. The third-order valence-electron chi connectivity index (χ3n) is 3.13. The van der Waals surface area contributed by atoms with E-state index in [-0.39, 0.29) is 5.75 Å². The first-order chi connectivity index (χ1) is 9.99. The number of sulfonamides is 1. The molecule has 0 saturated carbocycles. The Balaban J connectivity index is 1.82. The quantitative estimate of drug-likeness (QED) is 0.770. The number of aromatic nitrogens is 2. The Bertz CT molecular complexity index is 649. The lowest BCUT2D eigenvalue weighted by atomic mass is 10.2. The van der Waals surface area contributed by atoms with Crippen molar-refractivity contribution in [1.29, 1.82) is 0 Å². The van der Waals surface area contributed by atoms with Crippen LogP contribution in [0.4, 0.5) is 0 Å². The number of hydrogen-bond acceptors (Lipinski definition) is 4. The molecular weight excluding hydrogens is 288 g/mol. The summed E-state index contributed by atoms with van der Waals surface area (Å²) in [6.07, 6.45) is 3.63. The Morgan fingerprint density at radius 1 is 1.24 bits per heavy atom. The van der Waals surface area contributed by atoms with Crippen molar-refractivity contribution in [1.82, 2.24) is 19.4 Å². The van der Waals surface area contributed by atoms with Crippen LogP contribution in [-0.2, 0) is 16.6 Å². The third kappa shape index (κ3) is 4.38. The molecule has 1 aromatic carbocycles. The smallest absolute Gasteiger partial charge is 0.214 e. The molecule has 6 nitrogen and oxygen atoms in total. The summed E-state index contributed by atoms with van der Waals surface area (Å²) >= 11 is 0. The second-order valence-electron chi connectivity index (χ2n) is 4.89. The SMILES string of the molecule is CN(C)S(=O)(=O)CCNCc1ccc(-n2cccn2)cc1. The van der Waals surface area contributed by atoms with Crippen LogP contribution in [0, 0.1) is 0 Å². The topological polar surface area (TPSA) is 67.2 Å². The number of hydrogen-bond donors (Lipinski definition) is 1. The molecule has 7 heteroatoms. The van der Waals surface area contributed by atoms with E-state index >= 15 is 0 Å². The summed E-state index contributed by atoms with van der Waals surface area (Å²) in [6.45, 7) is 1.07. The van der Waals surface area contributed by atoms with Gasteiger partial charge in [0.15, 0.2) is 0 Å². The lowest BCUT2D eigenvalue weighted by molar-refractivity contribution is 0.517. The van der Waals surface area contributed by atoms with Gasteiger partial charge in [-0.15, -0.1) is 0 Å². The molecule has 1 aromatic heterocycles. The van der Waals surface area contributed by atoms with E-state index in [0.717, 1.165) is 11.3 Å². The average molecular weight is 308 g/mol. The van der Waals surface area contributed by atoms with Crippen molar-refractivity contribution in [2.45, 2.75) is 6.54 Å². The second-order valence-corrected chi connectivity index (χ2v) is 7.19. The maximum atomic E-state index is 11.6. The zero-order valence-electron chi connectivity index (χ0n) is 12.2. The summed E-state index contributed by atoms with van der Waals surface area (Å²) in [5, 5.41) is 7.30. The summed E-state index contributed by atoms with van der Waals surface area (Å²) < 4.78 is 26.2. The van der Waals surface area contributed by atoms with Gasteiger partial charge in [0.2, 0.25) is 10.0 Å². The van der Waals surface area contributed by atoms with E-state index < -0.39 is 10.0 Å². The molecule has 21 heavy (non-hydrogen) atoms. The van der Waals surface area contributed by atoms with Gasteiger partial charge >= 0.3 is 0 Å². The molecule has 0 saturated heterocycles. The molecule has 0 aliphatic heterocycles. The zero-order chi connectivity index (χ0) is 15.3. The highest BCUT2D eigenvalue weighted by Gasteiger charge is 2.12. The fourth-order valence-electron chi connectivity index (χ4n) is 1.80. The lowest BCUT2D eigenvalue weighted by Crippen LogP contribution is -2.30. The van der Waals surface area contributed by atoms with E-state index in [1.807, 2.05) is 36.5 Å². The number of benzene rings is 1. The number of rotatable bonds is 7. The summed E-state index contributed by atoms with van der Waals surface area (Å²) in [6, 6.07) is 9.86. The molecule has 0 aliphatic carbocycles. The molecule has 2 rings (SSSR count). The highest BCUT2D eigenvalue weighted by atomic mass is 32.2. The summed E-state index contributed by atoms with van der Waals surface area (Å²) in [5.74, 6) is 0.103. The van der Waals surface area contributed by atoms with Crippen molar-refractivity contribution >= 4 is 10.0 Å². The zero-order valence-corrected chi connectivity index (χ0v) is 13.0. The van der Waals surface area contributed by atoms with Crippen LogP contribution in [0.2, 0.25) is 0 Å². The van der Waals surface area contributed by atoms with Crippen LogP contribution in [0.1, 0.15) is 5.56 Å². The average Bonchev–Trinajstić information content (AvgIpc) is 2.98. The van der Waals surface area contributed by atoms with E-state index in [0.29, 0.717) is 13.1 Å². The van der Waals surface area contributed by atoms with Crippen molar-refractivity contribution in [3.05, 3.63) is 48.3 Å². The number of nitrogens with one attached hydrogen (secondary N) is 1. The van der Waals surface area contributed by atoms with Crippen LogP contribution in [-0.4, -0.2) is 48.9 Å². The van der Waals surface area contributed by atoms with Crippen molar-refractivity contribution in [3.63, 3.8) is 0 Å². The van der Waals surface area contributed by atoms with Crippen LogP contribution < -0.4 is 5.32 Å². The minimum Gasteiger partial charge on any atom is -0.312 e. The first kappa shape index (κ1) is 15.7. The molecule has 0 fully saturated rings. The van der Waals surface area contributed by atoms with Crippen molar-refractivity contribution < 1.29 is 8.42 Å². The second kappa shape index (κ2) is 6.84. The Labute approximate surface area is 125 Å². The fraction of sp³-hybridized carbons (Fsp3) is 0.357. The Hall–Kier alpha value is -1.70. The minimum absolute atomic E-state index is 0.103. The highest BCUT2D eigenvalue weighted by molar-refractivity contribution is 7.89. The van der Waals surface area contributed by atoms with Gasteiger partial charge in [-0.3, -0.25) is 0 Å². The molecule has 1 heterocycles. The van der Waals surface area contributed by atoms with Crippen LogP contribution >= 0.6 is 0 Å². The first-order valence-electron chi connectivity index (χ1n) is 6.69. The molecule has 0 bridgehead atoms. The molecule has 0 amide bonds. The van der Waals surface area contributed by atoms with Gasteiger partial charge < -0.3 is 5.32 Å². The van der Waals surface area contributed by atoms with E-state index in [9.17, 15) is 8.42 Å². The van der Waals surface area contributed by atoms with Crippen molar-refractivity contribution in [3.8, 4) is 5.69 Å². The van der Waals surface area contributed by atoms with E-state index in [2.05, 4.69) is 10.4 Å². The Morgan fingerprint density at radius 3 is 2.52 bits per heavy atom. The predicted molar refractivity (Wildman–Crippen MR) is 82.7 cm³/mol. The van der Waals surface area contributed by atoms with E-state index in [1.54, 1.807) is 25.0 Å². The van der Waals surface area contributed by atoms with Gasteiger partial charge in [0.25, 0.3) is 0 Å². The molecular formula is C14H20N4O2S. The Morgan fingerprint density at radius 2 is 1.95 bits per heavy atom. The molecule has 0 spiro atoms. The molecule has 1 N–H and O–H groups in total. The number of nitrogens with zero attached hydrogens (tertiary/aromatic N) is 3. The van der Waals surface area contributed by atoms with E-state index in [1.165, 1.54) is 4.31 Å². The van der Waals surface area contributed by atoms with Crippen molar-refractivity contribution in [2.75, 3.05) is 26.4 Å².